The summed E-state index contributed by atoms with van der Waals surface area (Å²) in [6.07, 6.45) is -0.334. The van der Waals surface area contributed by atoms with Gasteiger partial charge in [0.1, 0.15) is 5.69 Å². The van der Waals surface area contributed by atoms with Crippen LogP contribution >= 0.6 is 11.6 Å². The summed E-state index contributed by atoms with van der Waals surface area (Å²) in [6, 6.07) is 9.01. The van der Waals surface area contributed by atoms with Crippen molar-refractivity contribution in [2.45, 2.75) is 6.92 Å². The minimum absolute atomic E-state index is 0.135. The van der Waals surface area contributed by atoms with Gasteiger partial charge in [-0.3, -0.25) is 9.89 Å². The number of H-pyrrole nitrogens is 1. The van der Waals surface area contributed by atoms with Gasteiger partial charge in [0.25, 0.3) is 5.91 Å². The Morgan fingerprint density at radius 2 is 1.92 bits per heavy atom. The summed E-state index contributed by atoms with van der Waals surface area (Å²) in [4.78, 5) is 27.6. The van der Waals surface area contributed by atoms with Gasteiger partial charge in [0.2, 0.25) is 0 Å². The molecule has 0 unspecified atom stereocenters. The van der Waals surface area contributed by atoms with E-state index in [1.54, 1.807) is 34.9 Å². The van der Waals surface area contributed by atoms with E-state index in [-0.39, 0.29) is 12.0 Å². The van der Waals surface area contributed by atoms with Crippen LogP contribution in [0.1, 0.15) is 17.4 Å². The van der Waals surface area contributed by atoms with E-state index in [4.69, 9.17) is 16.3 Å². The average Bonchev–Trinajstić information content (AvgIpc) is 3.11. The smallest absolute Gasteiger partial charge is 0.409 e. The van der Waals surface area contributed by atoms with Crippen LogP contribution in [0.3, 0.4) is 0 Å². The van der Waals surface area contributed by atoms with Crippen molar-refractivity contribution in [3.63, 3.8) is 0 Å². The second-order valence-corrected chi connectivity index (χ2v) is 6.09. The number of ether oxygens (including phenoxy) is 1. The van der Waals surface area contributed by atoms with Gasteiger partial charge >= 0.3 is 6.09 Å². The minimum atomic E-state index is -0.334. The molecule has 0 saturated carbocycles. The van der Waals surface area contributed by atoms with E-state index in [0.29, 0.717) is 49.2 Å². The zero-order valence-electron chi connectivity index (χ0n) is 13.9. The summed E-state index contributed by atoms with van der Waals surface area (Å²) in [7, 11) is 0. The average molecular weight is 363 g/mol. The Morgan fingerprint density at radius 3 is 2.60 bits per heavy atom. The summed E-state index contributed by atoms with van der Waals surface area (Å²) in [5.74, 6) is -0.135. The third-order valence-electron chi connectivity index (χ3n) is 4.02. The summed E-state index contributed by atoms with van der Waals surface area (Å²) < 4.78 is 4.98. The highest BCUT2D eigenvalue weighted by Gasteiger charge is 2.26. The van der Waals surface area contributed by atoms with Crippen LogP contribution in [0.15, 0.2) is 30.3 Å². The van der Waals surface area contributed by atoms with Crippen molar-refractivity contribution in [3.8, 4) is 11.3 Å². The first-order valence-corrected chi connectivity index (χ1v) is 8.48. The molecule has 2 amide bonds. The fraction of sp³-hybridized carbons (Fsp3) is 0.353. The molecule has 1 fully saturated rings. The highest BCUT2D eigenvalue weighted by molar-refractivity contribution is 6.30. The molecule has 0 bridgehead atoms. The van der Waals surface area contributed by atoms with Gasteiger partial charge in [-0.05, 0) is 25.1 Å². The maximum atomic E-state index is 12.6. The molecular weight excluding hydrogens is 344 g/mol. The topological polar surface area (TPSA) is 78.5 Å². The Hall–Kier alpha value is -2.54. The van der Waals surface area contributed by atoms with Gasteiger partial charge in [0, 0.05) is 36.8 Å². The fourth-order valence-electron chi connectivity index (χ4n) is 2.70. The highest BCUT2D eigenvalue weighted by Crippen LogP contribution is 2.22. The number of halogens is 1. The van der Waals surface area contributed by atoms with E-state index >= 15 is 0 Å². The summed E-state index contributed by atoms with van der Waals surface area (Å²) in [5, 5.41) is 7.60. The van der Waals surface area contributed by atoms with Crippen molar-refractivity contribution in [1.29, 1.82) is 0 Å². The van der Waals surface area contributed by atoms with Gasteiger partial charge in [-0.1, -0.05) is 23.7 Å². The van der Waals surface area contributed by atoms with Crippen LogP contribution < -0.4 is 0 Å². The van der Waals surface area contributed by atoms with E-state index < -0.39 is 0 Å². The Labute approximate surface area is 150 Å². The fourth-order valence-corrected chi connectivity index (χ4v) is 2.89. The number of nitrogens with zero attached hydrogens (tertiary/aromatic N) is 3. The molecule has 2 aromatic rings. The van der Waals surface area contributed by atoms with Crippen molar-refractivity contribution in [3.05, 3.63) is 41.0 Å². The van der Waals surface area contributed by atoms with Crippen LogP contribution in [0.5, 0.6) is 0 Å². The standard InChI is InChI=1S/C17H19ClN4O3/c1-2-25-17(24)22-8-6-21(7-9-22)16(23)15-11-14(19-20-15)12-4-3-5-13(18)10-12/h3-5,10-11H,2,6-9H2,1H3,(H,19,20). The van der Waals surface area contributed by atoms with E-state index in [2.05, 4.69) is 10.2 Å². The van der Waals surface area contributed by atoms with Crippen molar-refractivity contribution >= 4 is 23.6 Å². The minimum Gasteiger partial charge on any atom is -0.450 e. The van der Waals surface area contributed by atoms with Crippen LogP contribution in [0.4, 0.5) is 4.79 Å². The molecule has 8 heteroatoms. The molecular formula is C17H19ClN4O3. The first-order valence-electron chi connectivity index (χ1n) is 8.11. The maximum Gasteiger partial charge on any atom is 0.409 e. The molecule has 1 saturated heterocycles. The molecule has 25 heavy (non-hydrogen) atoms. The number of amides is 2. The highest BCUT2D eigenvalue weighted by atomic mass is 35.5. The Kier molecular flexibility index (Phi) is 5.23. The lowest BCUT2D eigenvalue weighted by Crippen LogP contribution is -2.50. The van der Waals surface area contributed by atoms with Gasteiger partial charge in [0.15, 0.2) is 0 Å². The van der Waals surface area contributed by atoms with Crippen molar-refractivity contribution < 1.29 is 14.3 Å². The molecule has 3 rings (SSSR count). The predicted molar refractivity (Wildman–Crippen MR) is 93.5 cm³/mol. The number of piperazine rings is 1. The third-order valence-corrected chi connectivity index (χ3v) is 4.26. The first kappa shape index (κ1) is 17.3. The van der Waals surface area contributed by atoms with E-state index in [0.717, 1.165) is 5.56 Å². The molecule has 1 N–H and O–H groups in total. The number of carbonyl (C=O) groups excluding carboxylic acids is 2. The Balaban J connectivity index is 1.64. The van der Waals surface area contributed by atoms with Gasteiger partial charge in [-0.2, -0.15) is 5.10 Å². The number of benzene rings is 1. The normalized spacial score (nSPS) is 14.5. The molecule has 0 aliphatic carbocycles. The van der Waals surface area contributed by atoms with Gasteiger partial charge in [0.05, 0.1) is 12.3 Å². The lowest BCUT2D eigenvalue weighted by Gasteiger charge is -2.33. The van der Waals surface area contributed by atoms with Crippen molar-refractivity contribution in [1.82, 2.24) is 20.0 Å². The maximum absolute atomic E-state index is 12.6. The lowest BCUT2D eigenvalue weighted by atomic mass is 10.1. The largest absolute Gasteiger partial charge is 0.450 e. The summed E-state index contributed by atoms with van der Waals surface area (Å²) >= 11 is 5.99. The number of aromatic nitrogens is 2. The Morgan fingerprint density at radius 1 is 1.20 bits per heavy atom. The second-order valence-electron chi connectivity index (χ2n) is 5.66. The van der Waals surface area contributed by atoms with E-state index in [1.807, 2.05) is 12.1 Å². The quantitative estimate of drug-likeness (QED) is 0.910. The molecule has 2 heterocycles. The molecule has 0 atom stereocenters. The van der Waals surface area contributed by atoms with Gasteiger partial charge in [-0.15, -0.1) is 0 Å². The zero-order chi connectivity index (χ0) is 17.8. The van der Waals surface area contributed by atoms with Crippen LogP contribution in [0, 0.1) is 0 Å². The van der Waals surface area contributed by atoms with Crippen LogP contribution in [0.25, 0.3) is 11.3 Å². The first-order chi connectivity index (χ1) is 12.1. The SMILES string of the molecule is CCOC(=O)N1CCN(C(=O)c2cc(-c3cccc(Cl)c3)n[nH]2)CC1. The third kappa shape index (κ3) is 3.93. The number of nitrogens with one attached hydrogen (secondary N) is 1. The van der Waals surface area contributed by atoms with Crippen molar-refractivity contribution in [2.75, 3.05) is 32.8 Å². The van der Waals surface area contributed by atoms with Gasteiger partial charge < -0.3 is 14.5 Å². The van der Waals surface area contributed by atoms with Crippen LogP contribution in [0.2, 0.25) is 5.02 Å². The molecule has 132 valence electrons. The lowest BCUT2D eigenvalue weighted by molar-refractivity contribution is 0.0566. The molecule has 1 aromatic carbocycles. The number of rotatable bonds is 3. The predicted octanol–water partition coefficient (Wildman–Crippen LogP) is 2.64. The van der Waals surface area contributed by atoms with Crippen molar-refractivity contribution in [2.24, 2.45) is 0 Å². The Bertz CT molecular complexity index is 769. The number of hydrogen-bond donors (Lipinski definition) is 1. The molecule has 0 spiro atoms. The molecule has 1 aliphatic heterocycles. The summed E-state index contributed by atoms with van der Waals surface area (Å²) in [5.41, 5.74) is 1.92. The van der Waals surface area contributed by atoms with Gasteiger partial charge in [-0.25, -0.2) is 4.79 Å². The van der Waals surface area contributed by atoms with E-state index in [9.17, 15) is 9.59 Å². The van der Waals surface area contributed by atoms with E-state index in [1.165, 1.54) is 0 Å². The number of hydrogen-bond acceptors (Lipinski definition) is 4. The number of aromatic amines is 1. The summed E-state index contributed by atoms with van der Waals surface area (Å²) in [6.45, 7) is 3.96. The second kappa shape index (κ2) is 7.57. The molecule has 7 nitrogen and oxygen atoms in total. The molecule has 0 radical (unpaired) electrons. The number of carbonyl (C=O) groups is 2. The van der Waals surface area contributed by atoms with Crippen LogP contribution in [-0.2, 0) is 4.74 Å². The molecule has 1 aromatic heterocycles. The monoisotopic (exact) mass is 362 g/mol. The van der Waals surface area contributed by atoms with Crippen LogP contribution in [-0.4, -0.2) is 64.8 Å². The zero-order valence-corrected chi connectivity index (χ0v) is 14.6. The molecule has 1 aliphatic rings.